The quantitative estimate of drug-likeness (QED) is 0.785. The van der Waals surface area contributed by atoms with Crippen LogP contribution in [0.1, 0.15) is 22.6 Å². The maximum atomic E-state index is 12.0. The van der Waals surface area contributed by atoms with Gasteiger partial charge in [-0.3, -0.25) is 4.79 Å². The van der Waals surface area contributed by atoms with Crippen LogP contribution >= 0.6 is 0 Å². The van der Waals surface area contributed by atoms with Crippen LogP contribution in [0, 0.1) is 5.92 Å². The summed E-state index contributed by atoms with van der Waals surface area (Å²) in [5.41, 5.74) is 2.31. The van der Waals surface area contributed by atoms with E-state index in [1.54, 1.807) is 30.3 Å². The SMILES string of the molecule is COc1ccc([C@H]2c3cc(OC)c(OC)cc3C[C@H](O)[C@H]2C(=O)O)cc1OC. The van der Waals surface area contributed by atoms with Gasteiger partial charge < -0.3 is 29.2 Å². The van der Waals surface area contributed by atoms with E-state index in [0.29, 0.717) is 28.6 Å². The summed E-state index contributed by atoms with van der Waals surface area (Å²) in [6.07, 6.45) is -0.822. The molecule has 3 rings (SSSR count). The number of methoxy groups -OCH3 is 4. The average Bonchev–Trinajstić information content (AvgIpc) is 2.70. The van der Waals surface area contributed by atoms with Crippen molar-refractivity contribution in [1.82, 2.24) is 0 Å². The van der Waals surface area contributed by atoms with Crippen LogP contribution in [-0.4, -0.2) is 50.7 Å². The van der Waals surface area contributed by atoms with Crippen LogP contribution < -0.4 is 18.9 Å². The van der Waals surface area contributed by atoms with E-state index in [0.717, 1.165) is 11.1 Å². The number of hydrogen-bond donors (Lipinski definition) is 2. The summed E-state index contributed by atoms with van der Waals surface area (Å²) in [6, 6.07) is 8.85. The minimum Gasteiger partial charge on any atom is -0.493 e. The third kappa shape index (κ3) is 3.33. The number of carbonyl (C=O) groups is 1. The van der Waals surface area contributed by atoms with Gasteiger partial charge in [0.2, 0.25) is 0 Å². The van der Waals surface area contributed by atoms with Gasteiger partial charge in [0.15, 0.2) is 23.0 Å². The predicted molar refractivity (Wildman–Crippen MR) is 102 cm³/mol. The lowest BCUT2D eigenvalue weighted by molar-refractivity contribution is -0.146. The van der Waals surface area contributed by atoms with Crippen molar-refractivity contribution in [2.24, 2.45) is 5.92 Å². The molecule has 0 aliphatic heterocycles. The van der Waals surface area contributed by atoms with Crippen LogP contribution in [0.2, 0.25) is 0 Å². The molecule has 0 heterocycles. The van der Waals surface area contributed by atoms with E-state index < -0.39 is 23.9 Å². The standard InChI is InChI=1S/C21H24O7/c1-25-15-6-5-11(8-16(15)26-2)19-13-10-18(28-4)17(27-3)9-12(13)7-14(22)20(19)21(23)24/h5-6,8-10,14,19-20,22H,7H2,1-4H3,(H,23,24)/t14-,19-,20+/m0/s1. The molecule has 2 aromatic rings. The molecule has 150 valence electrons. The van der Waals surface area contributed by atoms with Gasteiger partial charge in [-0.05, 0) is 47.4 Å². The Morgan fingerprint density at radius 2 is 1.46 bits per heavy atom. The Morgan fingerprint density at radius 1 is 0.893 bits per heavy atom. The second-order valence-electron chi connectivity index (χ2n) is 6.63. The highest BCUT2D eigenvalue weighted by Gasteiger charge is 2.42. The molecule has 0 fully saturated rings. The van der Waals surface area contributed by atoms with Crippen molar-refractivity contribution in [2.45, 2.75) is 18.4 Å². The molecule has 0 saturated heterocycles. The molecule has 0 aromatic heterocycles. The molecule has 0 bridgehead atoms. The molecule has 0 radical (unpaired) electrons. The van der Waals surface area contributed by atoms with Crippen molar-refractivity contribution < 1.29 is 34.0 Å². The van der Waals surface area contributed by atoms with Crippen LogP contribution in [0.3, 0.4) is 0 Å². The first-order chi connectivity index (χ1) is 13.4. The van der Waals surface area contributed by atoms with Crippen molar-refractivity contribution in [3.05, 3.63) is 47.0 Å². The second-order valence-corrected chi connectivity index (χ2v) is 6.63. The maximum absolute atomic E-state index is 12.0. The Labute approximate surface area is 163 Å². The highest BCUT2D eigenvalue weighted by molar-refractivity contribution is 5.75. The highest BCUT2D eigenvalue weighted by Crippen LogP contribution is 2.46. The lowest BCUT2D eigenvalue weighted by Gasteiger charge is -2.35. The van der Waals surface area contributed by atoms with Crippen LogP contribution in [-0.2, 0) is 11.2 Å². The van der Waals surface area contributed by atoms with Crippen molar-refractivity contribution in [3.63, 3.8) is 0 Å². The fourth-order valence-corrected chi connectivity index (χ4v) is 3.91. The van der Waals surface area contributed by atoms with E-state index in [-0.39, 0.29) is 6.42 Å². The van der Waals surface area contributed by atoms with Gasteiger partial charge in [-0.2, -0.15) is 0 Å². The zero-order chi connectivity index (χ0) is 20.4. The first kappa shape index (κ1) is 19.8. The third-order valence-corrected chi connectivity index (χ3v) is 5.24. The number of aliphatic carboxylic acids is 1. The molecule has 7 heteroatoms. The Balaban J connectivity index is 2.23. The average molecular weight is 388 g/mol. The zero-order valence-electron chi connectivity index (χ0n) is 16.3. The van der Waals surface area contributed by atoms with Gasteiger partial charge in [-0.25, -0.2) is 0 Å². The summed E-state index contributed by atoms with van der Waals surface area (Å²) in [7, 11) is 6.12. The summed E-state index contributed by atoms with van der Waals surface area (Å²) in [6.45, 7) is 0. The molecule has 0 amide bonds. The lowest BCUT2D eigenvalue weighted by Crippen LogP contribution is -2.39. The van der Waals surface area contributed by atoms with Gasteiger partial charge in [0.05, 0.1) is 40.5 Å². The Hall–Kier alpha value is -2.93. The molecule has 3 atom stereocenters. The van der Waals surface area contributed by atoms with Crippen LogP contribution in [0.15, 0.2) is 30.3 Å². The first-order valence-electron chi connectivity index (χ1n) is 8.82. The summed E-state index contributed by atoms with van der Waals surface area (Å²) in [5.74, 6) is -0.582. The predicted octanol–water partition coefficient (Wildman–Crippen LogP) is 2.47. The third-order valence-electron chi connectivity index (χ3n) is 5.24. The van der Waals surface area contributed by atoms with Gasteiger partial charge in [-0.15, -0.1) is 0 Å². The fraction of sp³-hybridized carbons (Fsp3) is 0.381. The molecule has 2 N–H and O–H groups in total. The number of carboxylic acid groups (broad SMARTS) is 1. The summed E-state index contributed by atoms with van der Waals surface area (Å²) < 4.78 is 21.4. The molecule has 2 aromatic carbocycles. The topological polar surface area (TPSA) is 94.5 Å². The molecule has 1 aliphatic carbocycles. The van der Waals surface area contributed by atoms with Crippen molar-refractivity contribution in [2.75, 3.05) is 28.4 Å². The molecular weight excluding hydrogens is 364 g/mol. The van der Waals surface area contributed by atoms with Gasteiger partial charge in [-0.1, -0.05) is 6.07 Å². The van der Waals surface area contributed by atoms with Gasteiger partial charge in [0.25, 0.3) is 0 Å². The number of ether oxygens (including phenoxy) is 4. The Kier molecular flexibility index (Phi) is 5.65. The number of rotatable bonds is 6. The number of benzene rings is 2. The largest absolute Gasteiger partial charge is 0.493 e. The molecule has 7 nitrogen and oxygen atoms in total. The minimum absolute atomic E-state index is 0.219. The first-order valence-corrected chi connectivity index (χ1v) is 8.82. The summed E-state index contributed by atoms with van der Waals surface area (Å²) >= 11 is 0. The van der Waals surface area contributed by atoms with Crippen molar-refractivity contribution in [1.29, 1.82) is 0 Å². The fourth-order valence-electron chi connectivity index (χ4n) is 3.91. The van der Waals surface area contributed by atoms with Gasteiger partial charge in [0, 0.05) is 5.92 Å². The molecular formula is C21H24O7. The smallest absolute Gasteiger partial charge is 0.310 e. The van der Waals surface area contributed by atoms with E-state index in [9.17, 15) is 15.0 Å². The van der Waals surface area contributed by atoms with E-state index >= 15 is 0 Å². The van der Waals surface area contributed by atoms with Crippen LogP contribution in [0.5, 0.6) is 23.0 Å². The number of fused-ring (bicyclic) bond motifs is 1. The maximum Gasteiger partial charge on any atom is 0.310 e. The molecule has 0 spiro atoms. The zero-order valence-corrected chi connectivity index (χ0v) is 16.3. The van der Waals surface area contributed by atoms with E-state index in [1.807, 2.05) is 0 Å². The van der Waals surface area contributed by atoms with Crippen LogP contribution in [0.4, 0.5) is 0 Å². The summed E-state index contributed by atoms with van der Waals surface area (Å²) in [5, 5.41) is 20.5. The van der Waals surface area contributed by atoms with E-state index in [1.165, 1.54) is 28.4 Å². The lowest BCUT2D eigenvalue weighted by atomic mass is 9.70. The van der Waals surface area contributed by atoms with Crippen molar-refractivity contribution in [3.8, 4) is 23.0 Å². The van der Waals surface area contributed by atoms with Gasteiger partial charge >= 0.3 is 5.97 Å². The Bertz CT molecular complexity index is 877. The summed E-state index contributed by atoms with van der Waals surface area (Å²) in [4.78, 5) is 12.0. The molecule has 0 unspecified atom stereocenters. The minimum atomic E-state index is -1.06. The van der Waals surface area contributed by atoms with E-state index in [4.69, 9.17) is 18.9 Å². The molecule has 28 heavy (non-hydrogen) atoms. The number of aliphatic hydroxyl groups excluding tert-OH is 1. The second kappa shape index (κ2) is 7.98. The number of hydrogen-bond acceptors (Lipinski definition) is 6. The van der Waals surface area contributed by atoms with Crippen molar-refractivity contribution >= 4 is 5.97 Å². The van der Waals surface area contributed by atoms with E-state index in [2.05, 4.69) is 0 Å². The van der Waals surface area contributed by atoms with Crippen LogP contribution in [0.25, 0.3) is 0 Å². The van der Waals surface area contributed by atoms with Gasteiger partial charge in [0.1, 0.15) is 0 Å². The molecule has 0 saturated carbocycles. The highest BCUT2D eigenvalue weighted by atomic mass is 16.5. The number of aliphatic hydroxyl groups is 1. The molecule has 1 aliphatic rings. The Morgan fingerprint density at radius 3 is 2.04 bits per heavy atom. The normalized spacial score (nSPS) is 20.8. The monoisotopic (exact) mass is 388 g/mol. The number of carboxylic acids is 1.